The monoisotopic (exact) mass is 390 g/mol. The van der Waals surface area contributed by atoms with E-state index in [-0.39, 0.29) is 55.1 Å². The summed E-state index contributed by atoms with van der Waals surface area (Å²) >= 11 is 0. The third-order valence-corrected chi connectivity index (χ3v) is 2.94. The molecule has 0 atom stereocenters. The maximum atomic E-state index is 10.9. The number of hydrogen-bond donors (Lipinski definition) is 2. The number of carbonyl (C=O) groups is 4. The van der Waals surface area contributed by atoms with Crippen molar-refractivity contribution in [2.24, 2.45) is 5.92 Å². The van der Waals surface area contributed by atoms with Crippen LogP contribution >= 0.6 is 0 Å². The first kappa shape index (κ1) is 29.4. The molecule has 0 rings (SSSR count). The highest BCUT2D eigenvalue weighted by molar-refractivity contribution is 5.98. The molecule has 0 amide bonds. The summed E-state index contributed by atoms with van der Waals surface area (Å²) in [6.45, 7) is 12.8. The third-order valence-electron chi connectivity index (χ3n) is 2.94. The van der Waals surface area contributed by atoms with Crippen LogP contribution in [-0.2, 0) is 28.7 Å². The highest BCUT2D eigenvalue weighted by atomic mass is 16.6. The number of esters is 2. The number of carbonyl (C=O) groups excluding carboxylic acids is 2. The molecule has 0 bridgehead atoms. The lowest BCUT2D eigenvalue weighted by atomic mass is 10.0. The Balaban J connectivity index is -0.000000391. The van der Waals surface area contributed by atoms with Gasteiger partial charge in [-0.05, 0) is 12.8 Å². The summed E-state index contributed by atoms with van der Waals surface area (Å²) in [5, 5.41) is 17.2. The summed E-state index contributed by atoms with van der Waals surface area (Å²) in [4.78, 5) is 42.6. The van der Waals surface area contributed by atoms with E-state index in [1.165, 1.54) is 0 Å². The minimum Gasteiger partial charge on any atom is -0.478 e. The first-order chi connectivity index (χ1) is 12.6. The number of aliphatic carboxylic acids is 2. The van der Waals surface area contributed by atoms with Crippen LogP contribution in [0.1, 0.15) is 67.7 Å². The van der Waals surface area contributed by atoms with E-state index in [1.807, 2.05) is 13.8 Å². The molecule has 0 saturated heterocycles. The molecule has 0 aromatic carbocycles. The van der Waals surface area contributed by atoms with Gasteiger partial charge in [-0.15, -0.1) is 0 Å². The molecule has 8 nitrogen and oxygen atoms in total. The second-order valence-corrected chi connectivity index (χ2v) is 5.17. The number of carboxylic acid groups (broad SMARTS) is 2. The number of hydrogen-bond acceptors (Lipinski definition) is 6. The predicted octanol–water partition coefficient (Wildman–Crippen LogP) is 3.44. The average molecular weight is 390 g/mol. The van der Waals surface area contributed by atoms with E-state index in [1.54, 1.807) is 34.6 Å². The van der Waals surface area contributed by atoms with Crippen molar-refractivity contribution in [2.45, 2.75) is 67.7 Å². The van der Waals surface area contributed by atoms with Gasteiger partial charge in [-0.3, -0.25) is 9.59 Å². The second-order valence-electron chi connectivity index (χ2n) is 5.17. The predicted molar refractivity (Wildman–Crippen MR) is 101 cm³/mol. The molecular formula is C19H34O8. The van der Waals surface area contributed by atoms with E-state index in [0.717, 1.165) is 0 Å². The smallest absolute Gasteiger partial charge is 0.332 e. The van der Waals surface area contributed by atoms with Crippen LogP contribution in [0.15, 0.2) is 11.1 Å². The zero-order valence-corrected chi connectivity index (χ0v) is 17.5. The van der Waals surface area contributed by atoms with Crippen LogP contribution in [0.3, 0.4) is 0 Å². The Bertz CT molecular complexity index is 468. The molecule has 2 N–H and O–H groups in total. The molecule has 27 heavy (non-hydrogen) atoms. The van der Waals surface area contributed by atoms with Crippen molar-refractivity contribution in [1.82, 2.24) is 0 Å². The quantitative estimate of drug-likeness (QED) is 0.348. The number of carboxylic acids is 2. The zero-order chi connectivity index (χ0) is 22.0. The maximum Gasteiger partial charge on any atom is 0.332 e. The largest absolute Gasteiger partial charge is 0.478 e. The van der Waals surface area contributed by atoms with Crippen molar-refractivity contribution in [3.8, 4) is 0 Å². The fourth-order valence-electron chi connectivity index (χ4n) is 1.55. The minimum atomic E-state index is -1.14. The van der Waals surface area contributed by atoms with Crippen molar-refractivity contribution in [2.75, 3.05) is 13.2 Å². The molecule has 0 aromatic heterocycles. The van der Waals surface area contributed by atoms with Crippen LogP contribution in [0.25, 0.3) is 0 Å². The first-order valence-electron chi connectivity index (χ1n) is 9.12. The van der Waals surface area contributed by atoms with Crippen LogP contribution in [0.4, 0.5) is 0 Å². The molecule has 0 unspecified atom stereocenters. The topological polar surface area (TPSA) is 127 Å². The molecule has 0 radical (unpaired) electrons. The van der Waals surface area contributed by atoms with Crippen molar-refractivity contribution < 1.29 is 38.9 Å². The number of ether oxygens (including phenoxy) is 2. The highest BCUT2D eigenvalue weighted by Crippen LogP contribution is 2.12. The van der Waals surface area contributed by atoms with Crippen LogP contribution < -0.4 is 0 Å². The van der Waals surface area contributed by atoms with E-state index >= 15 is 0 Å². The van der Waals surface area contributed by atoms with Gasteiger partial charge in [0.25, 0.3) is 0 Å². The van der Waals surface area contributed by atoms with E-state index in [2.05, 4.69) is 0 Å². The first-order valence-corrected chi connectivity index (χ1v) is 9.12. The molecule has 0 fully saturated rings. The third kappa shape index (κ3) is 15.6. The molecule has 0 heterocycles. The summed E-state index contributed by atoms with van der Waals surface area (Å²) in [7, 11) is 0. The Morgan fingerprint density at radius 2 is 1.11 bits per heavy atom. The molecule has 0 aliphatic rings. The Labute approximate surface area is 161 Å². The molecule has 0 saturated carbocycles. The Kier molecular flexibility index (Phi) is 20.0. The molecule has 0 aromatic rings. The zero-order valence-electron chi connectivity index (χ0n) is 17.5. The summed E-state index contributed by atoms with van der Waals surface area (Å²) in [6, 6.07) is 0. The lowest BCUT2D eigenvalue weighted by Crippen LogP contribution is -2.16. The number of rotatable bonds is 9. The minimum absolute atomic E-state index is 0.00926. The molecule has 0 spiro atoms. The van der Waals surface area contributed by atoms with Crippen LogP contribution in [0.5, 0.6) is 0 Å². The fourth-order valence-corrected chi connectivity index (χ4v) is 1.55. The highest BCUT2D eigenvalue weighted by Gasteiger charge is 2.16. The normalized spacial score (nSPS) is 10.4. The van der Waals surface area contributed by atoms with Crippen molar-refractivity contribution >= 4 is 23.9 Å². The SMILES string of the molecule is CC.CC/C(C(=O)O)=C(\CC)C(=O)O.CCC(=O)OCCOC(=O)C(C)C. The molecule has 0 aliphatic heterocycles. The second kappa shape index (κ2) is 18.4. The van der Waals surface area contributed by atoms with Gasteiger partial charge < -0.3 is 19.7 Å². The maximum absolute atomic E-state index is 10.9. The van der Waals surface area contributed by atoms with Crippen molar-refractivity contribution in [3.63, 3.8) is 0 Å². The van der Waals surface area contributed by atoms with Crippen molar-refractivity contribution in [1.29, 1.82) is 0 Å². The van der Waals surface area contributed by atoms with Gasteiger partial charge in [0, 0.05) is 17.6 Å². The van der Waals surface area contributed by atoms with Gasteiger partial charge in [0.05, 0.1) is 5.92 Å². The van der Waals surface area contributed by atoms with Crippen LogP contribution in [0.2, 0.25) is 0 Å². The van der Waals surface area contributed by atoms with Gasteiger partial charge in [-0.1, -0.05) is 48.5 Å². The Morgan fingerprint density at radius 1 is 0.741 bits per heavy atom. The van der Waals surface area contributed by atoms with Gasteiger partial charge in [0.2, 0.25) is 0 Å². The lowest BCUT2D eigenvalue weighted by Gasteiger charge is -2.06. The van der Waals surface area contributed by atoms with E-state index in [4.69, 9.17) is 19.7 Å². The van der Waals surface area contributed by atoms with Gasteiger partial charge >= 0.3 is 23.9 Å². The fraction of sp³-hybridized carbons (Fsp3) is 0.684. The van der Waals surface area contributed by atoms with Gasteiger partial charge in [-0.25, -0.2) is 9.59 Å². The van der Waals surface area contributed by atoms with Crippen molar-refractivity contribution in [3.05, 3.63) is 11.1 Å². The molecule has 158 valence electrons. The van der Waals surface area contributed by atoms with Gasteiger partial charge in [0.15, 0.2) is 0 Å². The Hall–Kier alpha value is -2.38. The van der Waals surface area contributed by atoms with Gasteiger partial charge in [0.1, 0.15) is 13.2 Å². The standard InChI is InChI=1S/C9H16O4.C8H12O4.C2H6/c1-4-8(10)12-5-6-13-9(11)7(2)3;1-3-5(7(9)10)6(4-2)8(11)12;1-2/h7H,4-6H2,1-3H3;3-4H2,1-2H3,(H,9,10)(H,11,12);1-2H3/b;6-5-;. The summed E-state index contributed by atoms with van der Waals surface area (Å²) in [5.74, 6) is -2.97. The molecular weight excluding hydrogens is 356 g/mol. The van der Waals surface area contributed by atoms with Crippen LogP contribution in [-0.4, -0.2) is 47.3 Å². The summed E-state index contributed by atoms with van der Waals surface area (Å²) in [5.41, 5.74) is -0.0185. The van der Waals surface area contributed by atoms with E-state index in [9.17, 15) is 19.2 Å². The van der Waals surface area contributed by atoms with Gasteiger partial charge in [-0.2, -0.15) is 0 Å². The van der Waals surface area contributed by atoms with E-state index in [0.29, 0.717) is 6.42 Å². The molecule has 8 heteroatoms. The molecule has 0 aliphatic carbocycles. The lowest BCUT2D eigenvalue weighted by molar-refractivity contribution is -0.154. The van der Waals surface area contributed by atoms with E-state index < -0.39 is 11.9 Å². The van der Waals surface area contributed by atoms with Crippen LogP contribution in [0, 0.1) is 5.92 Å². The average Bonchev–Trinajstić information content (AvgIpc) is 2.63. The summed E-state index contributed by atoms with van der Waals surface area (Å²) < 4.78 is 9.49. The summed E-state index contributed by atoms with van der Waals surface area (Å²) in [6.07, 6.45) is 0.827. The Morgan fingerprint density at radius 3 is 1.37 bits per heavy atom.